The van der Waals surface area contributed by atoms with E-state index < -0.39 is 5.51 Å². The molecule has 0 spiro atoms. The van der Waals surface area contributed by atoms with E-state index in [9.17, 15) is 0 Å². The minimum absolute atomic E-state index is 0.657. The standard InChI is InChI=1S/C19H19PSe2/c1-13-14(2)19-20(21,16-11-7-4-8-12-16)17(13)18(22-19)15-9-5-3-6-10-15/h3-12,17-19H,1-2H3/t17-,18+,19-,20?/m1/s1. The molecule has 2 aliphatic rings. The SMILES string of the molecule is CC1=C(C)[C@@H]2[C@H](c3ccccc3)[Se][C@H]1P2(=[Se])c1ccccc1. The Kier molecular flexibility index (Phi) is 3.88. The van der Waals surface area contributed by atoms with Crippen molar-refractivity contribution in [2.45, 2.75) is 28.9 Å². The summed E-state index contributed by atoms with van der Waals surface area (Å²) in [5, 5.41) is 1.58. The van der Waals surface area contributed by atoms with Crippen LogP contribution in [0.15, 0.2) is 71.8 Å². The summed E-state index contributed by atoms with van der Waals surface area (Å²) in [5.41, 5.74) is 4.39. The Balaban J connectivity index is 1.86. The molecule has 2 aliphatic heterocycles. The molecular formula is C19H19PSe2. The van der Waals surface area contributed by atoms with Crippen molar-refractivity contribution in [3.05, 3.63) is 77.4 Å². The fourth-order valence-corrected chi connectivity index (χ4v) is 21.8. The molecule has 22 heavy (non-hydrogen) atoms. The molecule has 1 unspecified atom stereocenters. The second-order valence-corrected chi connectivity index (χ2v) is 16.4. The number of hydrogen-bond donors (Lipinski definition) is 0. The van der Waals surface area contributed by atoms with E-state index in [0.29, 0.717) is 15.0 Å². The van der Waals surface area contributed by atoms with Gasteiger partial charge in [-0.25, -0.2) is 0 Å². The van der Waals surface area contributed by atoms with Crippen molar-refractivity contribution in [3.8, 4) is 0 Å². The third-order valence-electron chi connectivity index (χ3n) is 5.05. The van der Waals surface area contributed by atoms with Gasteiger partial charge in [-0.15, -0.1) is 0 Å². The molecule has 0 aromatic heterocycles. The van der Waals surface area contributed by atoms with Crippen molar-refractivity contribution >= 4 is 40.9 Å². The van der Waals surface area contributed by atoms with Crippen molar-refractivity contribution in [1.29, 1.82) is 0 Å². The summed E-state index contributed by atoms with van der Waals surface area (Å²) in [7, 11) is 0. The quantitative estimate of drug-likeness (QED) is 0.381. The van der Waals surface area contributed by atoms with Gasteiger partial charge in [-0.1, -0.05) is 0 Å². The molecule has 0 radical (unpaired) electrons. The van der Waals surface area contributed by atoms with E-state index in [1.165, 1.54) is 0 Å². The van der Waals surface area contributed by atoms with Crippen molar-refractivity contribution < 1.29 is 0 Å². The number of fused-ring (bicyclic) bond motifs is 2. The van der Waals surface area contributed by atoms with E-state index in [1.54, 1.807) is 22.0 Å². The first-order valence-corrected chi connectivity index (χ1v) is 13.8. The predicted molar refractivity (Wildman–Crippen MR) is 99.6 cm³/mol. The maximum atomic E-state index is 3.78. The van der Waals surface area contributed by atoms with Crippen LogP contribution in [-0.2, 0) is 0 Å². The molecular weight excluding hydrogens is 417 g/mol. The van der Waals surface area contributed by atoms with Crippen LogP contribution in [0.2, 0.25) is 0 Å². The molecule has 3 heteroatoms. The van der Waals surface area contributed by atoms with Crippen LogP contribution < -0.4 is 5.30 Å². The fraction of sp³-hybridized carbons (Fsp3) is 0.263. The zero-order valence-corrected chi connectivity index (χ0v) is 17.1. The average molecular weight is 436 g/mol. The normalized spacial score (nSPS) is 33.5. The van der Waals surface area contributed by atoms with E-state index in [-0.39, 0.29) is 0 Å². The average Bonchev–Trinajstić information content (AvgIpc) is 2.98. The van der Waals surface area contributed by atoms with Gasteiger partial charge in [0.25, 0.3) is 0 Å². The fourth-order valence-electron chi connectivity index (χ4n) is 3.84. The number of rotatable bonds is 2. The van der Waals surface area contributed by atoms with Crippen LogP contribution in [0.1, 0.15) is 24.2 Å². The first-order valence-electron chi connectivity index (χ1n) is 7.66. The van der Waals surface area contributed by atoms with Gasteiger partial charge in [0.05, 0.1) is 0 Å². The molecule has 0 nitrogen and oxygen atoms in total. The zero-order valence-electron chi connectivity index (χ0n) is 12.8. The molecule has 4 atom stereocenters. The van der Waals surface area contributed by atoms with Crippen LogP contribution in [0.5, 0.6) is 0 Å². The van der Waals surface area contributed by atoms with Crippen LogP contribution >= 0.6 is 5.51 Å². The molecule has 4 rings (SSSR count). The summed E-state index contributed by atoms with van der Waals surface area (Å²) in [6.45, 7) is 4.78. The van der Waals surface area contributed by atoms with Crippen LogP contribution in [0.3, 0.4) is 0 Å². The van der Waals surface area contributed by atoms with Crippen LogP contribution in [0.25, 0.3) is 0 Å². The van der Waals surface area contributed by atoms with E-state index in [4.69, 9.17) is 0 Å². The number of hydrogen-bond acceptors (Lipinski definition) is 0. The van der Waals surface area contributed by atoms with Gasteiger partial charge < -0.3 is 0 Å². The van der Waals surface area contributed by atoms with E-state index in [0.717, 1.165) is 15.0 Å². The molecule has 0 aliphatic carbocycles. The topological polar surface area (TPSA) is 0 Å². The number of allylic oxidation sites excluding steroid dienone is 2. The van der Waals surface area contributed by atoms with Gasteiger partial charge >= 0.3 is 147 Å². The van der Waals surface area contributed by atoms with Gasteiger partial charge in [0, 0.05) is 0 Å². The summed E-state index contributed by atoms with van der Waals surface area (Å²) < 4.78 is 0.803. The molecule has 112 valence electrons. The summed E-state index contributed by atoms with van der Waals surface area (Å²) in [4.78, 5) is 0.747. The monoisotopic (exact) mass is 438 g/mol. The molecule has 0 amide bonds. The van der Waals surface area contributed by atoms with E-state index in [2.05, 4.69) is 89.6 Å². The summed E-state index contributed by atoms with van der Waals surface area (Å²) in [6.07, 6.45) is 0. The Morgan fingerprint density at radius 2 is 1.45 bits per heavy atom. The third kappa shape index (κ3) is 2.06. The van der Waals surface area contributed by atoms with Gasteiger partial charge in [0.15, 0.2) is 0 Å². The van der Waals surface area contributed by atoms with Crippen molar-refractivity contribution in [2.75, 3.05) is 0 Å². The first kappa shape index (κ1) is 15.2. The Bertz CT molecular complexity index is 780. The minimum atomic E-state index is -1.25. The van der Waals surface area contributed by atoms with Gasteiger partial charge in [-0.05, 0) is 0 Å². The van der Waals surface area contributed by atoms with Crippen molar-refractivity contribution in [2.24, 2.45) is 0 Å². The van der Waals surface area contributed by atoms with Gasteiger partial charge in [-0.2, -0.15) is 0 Å². The Morgan fingerprint density at radius 3 is 2.09 bits per heavy atom. The predicted octanol–water partition coefficient (Wildman–Crippen LogP) is 3.92. The molecule has 2 heterocycles. The molecule has 0 saturated carbocycles. The van der Waals surface area contributed by atoms with Crippen LogP contribution in [0, 0.1) is 0 Å². The maximum absolute atomic E-state index is 3.78. The molecule has 0 N–H and O–H groups in total. The van der Waals surface area contributed by atoms with Gasteiger partial charge in [0.2, 0.25) is 0 Å². The van der Waals surface area contributed by atoms with Crippen molar-refractivity contribution in [3.63, 3.8) is 0 Å². The van der Waals surface area contributed by atoms with E-state index >= 15 is 0 Å². The molecule has 2 aromatic rings. The Hall–Kier alpha value is -0.351. The van der Waals surface area contributed by atoms with Gasteiger partial charge in [0.1, 0.15) is 0 Å². The Labute approximate surface area is 146 Å². The molecule has 1 fully saturated rings. The van der Waals surface area contributed by atoms with E-state index in [1.807, 2.05) is 0 Å². The summed E-state index contributed by atoms with van der Waals surface area (Å²) >= 11 is 4.43. The zero-order chi connectivity index (χ0) is 15.3. The third-order valence-corrected chi connectivity index (χ3v) is 21.1. The first-order chi connectivity index (χ1) is 10.6. The van der Waals surface area contributed by atoms with Crippen LogP contribution in [-0.4, -0.2) is 40.3 Å². The molecule has 2 bridgehead atoms. The molecule has 1 saturated heterocycles. The summed E-state index contributed by atoms with van der Waals surface area (Å²) in [5.74, 6) is 0. The Morgan fingerprint density at radius 1 is 0.864 bits per heavy atom. The second-order valence-electron chi connectivity index (χ2n) is 6.18. The number of benzene rings is 2. The second kappa shape index (κ2) is 5.62. The van der Waals surface area contributed by atoms with Crippen molar-refractivity contribution in [1.82, 2.24) is 0 Å². The molecule has 2 aromatic carbocycles. The van der Waals surface area contributed by atoms with Gasteiger partial charge in [-0.3, -0.25) is 0 Å². The summed E-state index contributed by atoms with van der Waals surface area (Å²) in [6, 6.07) is 22.5. The van der Waals surface area contributed by atoms with Crippen LogP contribution in [0.4, 0.5) is 0 Å².